The Morgan fingerprint density at radius 3 is 2.31 bits per heavy atom. The topological polar surface area (TPSA) is 17.8 Å². The molecular formula is C13H15ClN2. The van der Waals surface area contributed by atoms with Crippen LogP contribution in [0.5, 0.6) is 0 Å². The number of hydrogen-bond donors (Lipinski definition) is 0. The first-order valence-electron chi connectivity index (χ1n) is 5.39. The second kappa shape index (κ2) is 4.30. The van der Waals surface area contributed by atoms with Crippen molar-refractivity contribution in [2.75, 3.05) is 0 Å². The number of halogens is 1. The maximum absolute atomic E-state index is 5.87. The van der Waals surface area contributed by atoms with Gasteiger partial charge in [-0.2, -0.15) is 5.10 Å². The number of benzene rings is 1. The van der Waals surface area contributed by atoms with Crippen LogP contribution in [0.15, 0.2) is 30.5 Å². The summed E-state index contributed by atoms with van der Waals surface area (Å²) in [6.07, 6.45) is 2.08. The molecule has 0 fully saturated rings. The van der Waals surface area contributed by atoms with Gasteiger partial charge in [0.1, 0.15) is 0 Å². The molecule has 1 aromatic heterocycles. The van der Waals surface area contributed by atoms with E-state index in [1.807, 2.05) is 28.9 Å². The third-order valence-electron chi connectivity index (χ3n) is 2.56. The summed E-state index contributed by atoms with van der Waals surface area (Å²) in [5.74, 6) is 0. The van der Waals surface area contributed by atoms with Gasteiger partial charge in [0.2, 0.25) is 0 Å². The van der Waals surface area contributed by atoms with Gasteiger partial charge in [0.05, 0.1) is 5.69 Å². The zero-order valence-electron chi connectivity index (χ0n) is 9.74. The molecule has 0 unspecified atom stereocenters. The molecule has 0 saturated carbocycles. The molecule has 0 N–H and O–H groups in total. The van der Waals surface area contributed by atoms with Crippen LogP contribution in [0.25, 0.3) is 11.3 Å². The van der Waals surface area contributed by atoms with Crippen LogP contribution in [0.3, 0.4) is 0 Å². The van der Waals surface area contributed by atoms with Gasteiger partial charge in [-0.05, 0) is 38.5 Å². The Bertz CT molecular complexity index is 483. The predicted octanol–water partition coefficient (Wildman–Crippen LogP) is 4.09. The van der Waals surface area contributed by atoms with Gasteiger partial charge >= 0.3 is 0 Å². The minimum Gasteiger partial charge on any atom is -0.269 e. The van der Waals surface area contributed by atoms with Crippen molar-refractivity contribution >= 4 is 11.6 Å². The van der Waals surface area contributed by atoms with Gasteiger partial charge in [0.25, 0.3) is 0 Å². The molecule has 0 aliphatic heterocycles. The Morgan fingerprint density at radius 1 is 1.19 bits per heavy atom. The fraction of sp³-hybridized carbons (Fsp3) is 0.308. The van der Waals surface area contributed by atoms with Crippen LogP contribution in [-0.2, 0) is 0 Å². The first-order valence-corrected chi connectivity index (χ1v) is 5.77. The van der Waals surface area contributed by atoms with E-state index in [2.05, 4.69) is 32.1 Å². The Labute approximate surface area is 101 Å². The van der Waals surface area contributed by atoms with Crippen molar-refractivity contribution < 1.29 is 0 Å². The molecule has 2 rings (SSSR count). The van der Waals surface area contributed by atoms with Crippen LogP contribution < -0.4 is 0 Å². The molecule has 0 aliphatic carbocycles. The summed E-state index contributed by atoms with van der Waals surface area (Å²) in [6, 6.07) is 8.18. The van der Waals surface area contributed by atoms with Gasteiger partial charge in [-0.3, -0.25) is 4.68 Å². The van der Waals surface area contributed by atoms with Gasteiger partial charge in [0, 0.05) is 22.8 Å². The van der Waals surface area contributed by atoms with Crippen LogP contribution >= 0.6 is 11.6 Å². The Hall–Kier alpha value is -1.28. The highest BCUT2D eigenvalue weighted by Gasteiger charge is 2.08. The molecule has 0 spiro atoms. The van der Waals surface area contributed by atoms with E-state index < -0.39 is 0 Å². The fourth-order valence-corrected chi connectivity index (χ4v) is 1.77. The molecule has 0 saturated heterocycles. The fourth-order valence-electron chi connectivity index (χ4n) is 1.64. The van der Waals surface area contributed by atoms with Gasteiger partial charge in [-0.1, -0.05) is 23.7 Å². The number of rotatable bonds is 2. The van der Waals surface area contributed by atoms with Crippen molar-refractivity contribution in [3.05, 3.63) is 41.0 Å². The summed E-state index contributed by atoms with van der Waals surface area (Å²) < 4.78 is 1.99. The van der Waals surface area contributed by atoms with Crippen molar-refractivity contribution in [1.29, 1.82) is 0 Å². The highest BCUT2D eigenvalue weighted by Crippen LogP contribution is 2.24. The van der Waals surface area contributed by atoms with Crippen LogP contribution in [-0.4, -0.2) is 9.78 Å². The van der Waals surface area contributed by atoms with Crippen LogP contribution in [0.2, 0.25) is 5.02 Å². The SMILES string of the molecule is Cc1cn(C(C)C)nc1-c1ccc(Cl)cc1. The van der Waals surface area contributed by atoms with E-state index in [-0.39, 0.29) is 0 Å². The monoisotopic (exact) mass is 234 g/mol. The van der Waals surface area contributed by atoms with E-state index in [9.17, 15) is 0 Å². The molecule has 84 valence electrons. The molecule has 0 amide bonds. The van der Waals surface area contributed by atoms with Crippen molar-refractivity contribution in [2.45, 2.75) is 26.8 Å². The molecule has 2 nitrogen and oxygen atoms in total. The minimum absolute atomic E-state index is 0.389. The second-order valence-corrected chi connectivity index (χ2v) is 4.68. The van der Waals surface area contributed by atoms with Crippen molar-refractivity contribution in [3.8, 4) is 11.3 Å². The predicted molar refractivity (Wildman–Crippen MR) is 67.8 cm³/mol. The molecule has 3 heteroatoms. The Kier molecular flexibility index (Phi) is 3.01. The third-order valence-corrected chi connectivity index (χ3v) is 2.81. The molecule has 1 heterocycles. The number of aryl methyl sites for hydroxylation is 1. The number of nitrogens with zero attached hydrogens (tertiary/aromatic N) is 2. The number of hydrogen-bond acceptors (Lipinski definition) is 1. The quantitative estimate of drug-likeness (QED) is 0.765. The zero-order chi connectivity index (χ0) is 11.7. The standard InChI is InChI=1S/C13H15ClN2/c1-9(2)16-8-10(3)13(15-16)11-4-6-12(14)7-5-11/h4-9H,1-3H3. The lowest BCUT2D eigenvalue weighted by molar-refractivity contribution is 0.533. The third kappa shape index (κ3) is 2.12. The average molecular weight is 235 g/mol. The highest BCUT2D eigenvalue weighted by atomic mass is 35.5. The minimum atomic E-state index is 0.389. The first kappa shape index (κ1) is 11.2. The van der Waals surface area contributed by atoms with E-state index in [0.29, 0.717) is 6.04 Å². The molecule has 0 atom stereocenters. The lowest BCUT2D eigenvalue weighted by atomic mass is 10.1. The van der Waals surface area contributed by atoms with Crippen molar-refractivity contribution in [1.82, 2.24) is 9.78 Å². The molecule has 2 aromatic rings. The van der Waals surface area contributed by atoms with Gasteiger partial charge in [-0.15, -0.1) is 0 Å². The van der Waals surface area contributed by atoms with Crippen LogP contribution in [0.4, 0.5) is 0 Å². The maximum Gasteiger partial charge on any atom is 0.0952 e. The summed E-state index contributed by atoms with van der Waals surface area (Å²) in [6.45, 7) is 6.33. The number of aromatic nitrogens is 2. The van der Waals surface area contributed by atoms with Crippen molar-refractivity contribution in [3.63, 3.8) is 0 Å². The molecule has 1 aromatic carbocycles. The van der Waals surface area contributed by atoms with E-state index >= 15 is 0 Å². The lowest BCUT2D eigenvalue weighted by Gasteiger charge is -2.03. The van der Waals surface area contributed by atoms with Crippen molar-refractivity contribution in [2.24, 2.45) is 0 Å². The zero-order valence-corrected chi connectivity index (χ0v) is 10.5. The Morgan fingerprint density at radius 2 is 1.81 bits per heavy atom. The average Bonchev–Trinajstić information content (AvgIpc) is 2.62. The van der Waals surface area contributed by atoms with Crippen LogP contribution in [0, 0.1) is 6.92 Å². The first-order chi connectivity index (χ1) is 7.58. The molecular weight excluding hydrogens is 220 g/mol. The Balaban J connectivity index is 2.44. The summed E-state index contributed by atoms with van der Waals surface area (Å²) in [4.78, 5) is 0. The molecule has 0 bridgehead atoms. The van der Waals surface area contributed by atoms with Gasteiger partial charge in [0.15, 0.2) is 0 Å². The summed E-state index contributed by atoms with van der Waals surface area (Å²) in [7, 11) is 0. The largest absolute Gasteiger partial charge is 0.269 e. The smallest absolute Gasteiger partial charge is 0.0952 e. The lowest BCUT2D eigenvalue weighted by Crippen LogP contribution is -2.00. The van der Waals surface area contributed by atoms with E-state index in [1.54, 1.807) is 0 Å². The van der Waals surface area contributed by atoms with E-state index in [4.69, 9.17) is 11.6 Å². The van der Waals surface area contributed by atoms with E-state index in [0.717, 1.165) is 16.3 Å². The van der Waals surface area contributed by atoms with Gasteiger partial charge in [-0.25, -0.2) is 0 Å². The van der Waals surface area contributed by atoms with Crippen LogP contribution in [0.1, 0.15) is 25.5 Å². The second-order valence-electron chi connectivity index (χ2n) is 4.24. The molecule has 0 radical (unpaired) electrons. The molecule has 16 heavy (non-hydrogen) atoms. The molecule has 0 aliphatic rings. The maximum atomic E-state index is 5.87. The van der Waals surface area contributed by atoms with E-state index in [1.165, 1.54) is 5.56 Å². The summed E-state index contributed by atoms with van der Waals surface area (Å²) >= 11 is 5.87. The highest BCUT2D eigenvalue weighted by molar-refractivity contribution is 6.30. The van der Waals surface area contributed by atoms with Gasteiger partial charge < -0.3 is 0 Å². The summed E-state index contributed by atoms with van der Waals surface area (Å²) in [5.41, 5.74) is 3.34. The summed E-state index contributed by atoms with van der Waals surface area (Å²) in [5, 5.41) is 5.34. The normalized spacial score (nSPS) is 11.1.